The van der Waals surface area contributed by atoms with Crippen LogP contribution in [0.2, 0.25) is 5.02 Å². The SMILES string of the molecule is CCn1c(S[C@H](C)C(=O)Nc2cccc(Cl)c2)nc2sc3c(c2c1=O)CCCC3. The van der Waals surface area contributed by atoms with Crippen molar-refractivity contribution in [2.45, 2.75) is 56.5 Å². The quantitative estimate of drug-likeness (QED) is 0.435. The van der Waals surface area contributed by atoms with Crippen LogP contribution in [0.15, 0.2) is 34.2 Å². The maximum Gasteiger partial charge on any atom is 0.263 e. The lowest BCUT2D eigenvalue weighted by atomic mass is 9.97. The Kier molecular flexibility index (Phi) is 5.99. The van der Waals surface area contributed by atoms with Crippen LogP contribution in [0.3, 0.4) is 0 Å². The van der Waals surface area contributed by atoms with Crippen molar-refractivity contribution in [3.05, 3.63) is 50.1 Å². The first-order chi connectivity index (χ1) is 14.0. The number of aromatic nitrogens is 2. The van der Waals surface area contributed by atoms with E-state index in [4.69, 9.17) is 16.6 Å². The largest absolute Gasteiger partial charge is 0.325 e. The summed E-state index contributed by atoms with van der Waals surface area (Å²) in [6.45, 7) is 4.28. The highest BCUT2D eigenvalue weighted by molar-refractivity contribution is 8.00. The van der Waals surface area contributed by atoms with Crippen molar-refractivity contribution < 1.29 is 4.79 Å². The number of fused-ring (bicyclic) bond motifs is 3. The molecular weight excluding hydrogens is 426 g/mol. The fourth-order valence-electron chi connectivity index (χ4n) is 3.61. The molecule has 0 saturated heterocycles. The van der Waals surface area contributed by atoms with Gasteiger partial charge in [-0.1, -0.05) is 29.4 Å². The lowest BCUT2D eigenvalue weighted by molar-refractivity contribution is -0.115. The lowest BCUT2D eigenvalue weighted by Gasteiger charge is -2.15. The van der Waals surface area contributed by atoms with Gasteiger partial charge in [-0.3, -0.25) is 14.2 Å². The molecule has 1 aliphatic rings. The molecule has 1 aromatic carbocycles. The molecule has 2 aromatic heterocycles. The van der Waals surface area contributed by atoms with E-state index in [0.717, 1.165) is 29.5 Å². The number of nitrogens with one attached hydrogen (secondary N) is 1. The minimum absolute atomic E-state index is 0.0156. The Hall–Kier alpha value is -1.83. The molecule has 5 nitrogen and oxygen atoms in total. The molecule has 1 aliphatic carbocycles. The molecule has 1 amide bonds. The summed E-state index contributed by atoms with van der Waals surface area (Å²) >= 11 is 8.94. The van der Waals surface area contributed by atoms with Gasteiger partial charge in [0, 0.05) is 22.1 Å². The number of hydrogen-bond acceptors (Lipinski definition) is 5. The number of halogens is 1. The highest BCUT2D eigenvalue weighted by Gasteiger charge is 2.24. The van der Waals surface area contributed by atoms with Gasteiger partial charge < -0.3 is 5.32 Å². The summed E-state index contributed by atoms with van der Waals surface area (Å²) in [6, 6.07) is 7.05. The second-order valence-corrected chi connectivity index (χ2v) is 9.92. The number of carbonyl (C=O) groups excluding carboxylic acids is 1. The van der Waals surface area contributed by atoms with E-state index in [0.29, 0.717) is 22.4 Å². The van der Waals surface area contributed by atoms with Crippen LogP contribution in [0.25, 0.3) is 10.2 Å². The number of carbonyl (C=O) groups is 1. The molecule has 2 heterocycles. The smallest absolute Gasteiger partial charge is 0.263 e. The number of hydrogen-bond donors (Lipinski definition) is 1. The van der Waals surface area contributed by atoms with Gasteiger partial charge >= 0.3 is 0 Å². The van der Waals surface area contributed by atoms with Gasteiger partial charge in [-0.2, -0.15) is 0 Å². The Labute approximate surface area is 182 Å². The topological polar surface area (TPSA) is 64.0 Å². The van der Waals surface area contributed by atoms with Gasteiger partial charge in [-0.25, -0.2) is 4.98 Å². The van der Waals surface area contributed by atoms with Crippen LogP contribution in [-0.4, -0.2) is 20.7 Å². The number of anilines is 1. The lowest BCUT2D eigenvalue weighted by Crippen LogP contribution is -2.26. The summed E-state index contributed by atoms with van der Waals surface area (Å²) in [5.74, 6) is -0.153. The molecule has 8 heteroatoms. The van der Waals surface area contributed by atoms with E-state index in [-0.39, 0.29) is 11.5 Å². The summed E-state index contributed by atoms with van der Waals surface area (Å²) in [5.41, 5.74) is 1.86. The van der Waals surface area contributed by atoms with E-state index in [1.807, 2.05) is 13.8 Å². The van der Waals surface area contributed by atoms with E-state index < -0.39 is 5.25 Å². The number of benzene rings is 1. The molecule has 0 radical (unpaired) electrons. The van der Waals surface area contributed by atoms with Gasteiger partial charge in [0.05, 0.1) is 10.6 Å². The van der Waals surface area contributed by atoms with Crippen molar-refractivity contribution in [1.29, 1.82) is 0 Å². The van der Waals surface area contributed by atoms with Gasteiger partial charge in [0.1, 0.15) is 4.83 Å². The highest BCUT2D eigenvalue weighted by atomic mass is 35.5. The molecule has 0 bridgehead atoms. The molecule has 1 N–H and O–H groups in total. The summed E-state index contributed by atoms with van der Waals surface area (Å²) in [4.78, 5) is 32.7. The normalized spacial score (nSPS) is 14.6. The third kappa shape index (κ3) is 4.09. The van der Waals surface area contributed by atoms with Crippen molar-refractivity contribution in [2.24, 2.45) is 0 Å². The van der Waals surface area contributed by atoms with Crippen molar-refractivity contribution in [2.75, 3.05) is 5.32 Å². The molecule has 0 spiro atoms. The van der Waals surface area contributed by atoms with E-state index in [2.05, 4.69) is 5.32 Å². The third-order valence-corrected chi connectivity index (χ3v) is 7.61. The molecule has 0 saturated carbocycles. The molecule has 3 aromatic rings. The summed E-state index contributed by atoms with van der Waals surface area (Å²) in [7, 11) is 0. The monoisotopic (exact) mass is 447 g/mol. The standard InChI is InChI=1S/C21H22ClN3O2S2/c1-3-25-20(27)17-15-9-4-5-10-16(15)29-19(17)24-21(25)28-12(2)18(26)23-14-8-6-7-13(22)11-14/h6-8,11-12H,3-5,9-10H2,1-2H3,(H,23,26)/t12-/m1/s1. The maximum atomic E-state index is 13.2. The molecule has 0 aliphatic heterocycles. The Balaban J connectivity index is 1.63. The van der Waals surface area contributed by atoms with E-state index in [1.54, 1.807) is 40.2 Å². The highest BCUT2D eigenvalue weighted by Crippen LogP contribution is 2.35. The minimum Gasteiger partial charge on any atom is -0.325 e. The minimum atomic E-state index is -0.411. The van der Waals surface area contributed by atoms with E-state index in [9.17, 15) is 9.59 Å². The zero-order valence-electron chi connectivity index (χ0n) is 16.3. The van der Waals surface area contributed by atoms with Crippen LogP contribution >= 0.6 is 34.7 Å². The van der Waals surface area contributed by atoms with Crippen molar-refractivity contribution >= 4 is 56.5 Å². The van der Waals surface area contributed by atoms with Gasteiger partial charge in [-0.05, 0) is 63.3 Å². The summed E-state index contributed by atoms with van der Waals surface area (Å²) < 4.78 is 1.69. The Bertz CT molecular complexity index is 1140. The second kappa shape index (κ2) is 8.50. The molecular formula is C21H22ClN3O2S2. The van der Waals surface area contributed by atoms with Crippen LogP contribution in [0.1, 0.15) is 37.1 Å². The number of amides is 1. The number of rotatable bonds is 5. The third-order valence-electron chi connectivity index (χ3n) is 5.10. The predicted octanol–water partition coefficient (Wildman–Crippen LogP) is 5.13. The second-order valence-electron chi connectivity index (χ2n) is 7.09. The molecule has 29 heavy (non-hydrogen) atoms. The fourth-order valence-corrected chi connectivity index (χ4v) is 6.08. The van der Waals surface area contributed by atoms with Crippen LogP contribution in [0.5, 0.6) is 0 Å². The number of aryl methyl sites for hydroxylation is 2. The number of thiophene rings is 1. The van der Waals surface area contributed by atoms with Gasteiger partial charge in [0.25, 0.3) is 5.56 Å². The first kappa shape index (κ1) is 20.4. The van der Waals surface area contributed by atoms with Crippen LogP contribution in [-0.2, 0) is 24.2 Å². The van der Waals surface area contributed by atoms with Gasteiger partial charge in [0.2, 0.25) is 5.91 Å². The molecule has 4 rings (SSSR count). The van der Waals surface area contributed by atoms with E-state index in [1.165, 1.54) is 28.6 Å². The molecule has 152 valence electrons. The number of nitrogens with zero attached hydrogens (tertiary/aromatic N) is 2. The predicted molar refractivity (Wildman–Crippen MR) is 122 cm³/mol. The van der Waals surface area contributed by atoms with Crippen molar-refractivity contribution in [1.82, 2.24) is 9.55 Å². The van der Waals surface area contributed by atoms with E-state index >= 15 is 0 Å². The van der Waals surface area contributed by atoms with Crippen molar-refractivity contribution in [3.8, 4) is 0 Å². The average molecular weight is 448 g/mol. The Morgan fingerprint density at radius 1 is 1.38 bits per heavy atom. The van der Waals surface area contributed by atoms with Gasteiger partial charge in [0.15, 0.2) is 5.16 Å². The Morgan fingerprint density at radius 2 is 2.17 bits per heavy atom. The molecule has 0 fully saturated rings. The van der Waals surface area contributed by atoms with Gasteiger partial charge in [-0.15, -0.1) is 11.3 Å². The fraction of sp³-hybridized carbons (Fsp3) is 0.381. The van der Waals surface area contributed by atoms with Crippen LogP contribution in [0.4, 0.5) is 5.69 Å². The Morgan fingerprint density at radius 3 is 2.93 bits per heavy atom. The maximum absolute atomic E-state index is 13.2. The first-order valence-electron chi connectivity index (χ1n) is 9.76. The van der Waals surface area contributed by atoms with Crippen molar-refractivity contribution in [3.63, 3.8) is 0 Å². The summed E-state index contributed by atoms with van der Waals surface area (Å²) in [6.07, 6.45) is 4.29. The molecule has 1 atom stereocenters. The average Bonchev–Trinajstić information content (AvgIpc) is 3.06. The zero-order chi connectivity index (χ0) is 20.5. The van der Waals surface area contributed by atoms with Crippen LogP contribution < -0.4 is 10.9 Å². The summed E-state index contributed by atoms with van der Waals surface area (Å²) in [5, 5.41) is 4.41. The van der Waals surface area contributed by atoms with Crippen LogP contribution in [0, 0.1) is 0 Å². The molecule has 0 unspecified atom stereocenters. The number of thioether (sulfide) groups is 1. The first-order valence-corrected chi connectivity index (χ1v) is 11.8. The zero-order valence-corrected chi connectivity index (χ0v) is 18.7.